The predicted molar refractivity (Wildman–Crippen MR) is 152 cm³/mol. The fourth-order valence-corrected chi connectivity index (χ4v) is 9.76. The molecule has 0 saturated heterocycles. The second-order valence-corrected chi connectivity index (χ2v) is 13.8. The van der Waals surface area contributed by atoms with Crippen LogP contribution in [0.2, 0.25) is 0 Å². The number of ether oxygens (including phenoxy) is 3. The summed E-state index contributed by atoms with van der Waals surface area (Å²) in [6.45, 7) is 6.70. The van der Waals surface area contributed by atoms with Crippen LogP contribution in [-0.4, -0.2) is 52.7 Å². The summed E-state index contributed by atoms with van der Waals surface area (Å²) in [6, 6.07) is 5.27. The molecular formula is C32H45NO9. The molecule has 0 spiro atoms. The quantitative estimate of drug-likeness (QED) is 0.178. The van der Waals surface area contributed by atoms with Gasteiger partial charge < -0.3 is 24.4 Å². The van der Waals surface area contributed by atoms with Gasteiger partial charge in [-0.25, -0.2) is 4.79 Å². The van der Waals surface area contributed by atoms with Gasteiger partial charge in [-0.15, -0.1) is 0 Å². The second-order valence-electron chi connectivity index (χ2n) is 13.8. The van der Waals surface area contributed by atoms with Crippen molar-refractivity contribution in [2.75, 3.05) is 7.11 Å². The molecule has 2 N–H and O–H groups in total. The minimum absolute atomic E-state index is 0.0804. The van der Waals surface area contributed by atoms with Crippen molar-refractivity contribution in [2.45, 2.75) is 96.9 Å². The van der Waals surface area contributed by atoms with Crippen LogP contribution in [0.5, 0.6) is 5.75 Å². The van der Waals surface area contributed by atoms with E-state index in [1.165, 1.54) is 31.4 Å². The Morgan fingerprint density at radius 3 is 2.45 bits per heavy atom. The third kappa shape index (κ3) is 5.41. The number of fused-ring (bicyclic) bond motifs is 5. The van der Waals surface area contributed by atoms with Crippen molar-refractivity contribution in [3.63, 3.8) is 0 Å². The summed E-state index contributed by atoms with van der Waals surface area (Å²) in [7, 11) is 1.41. The summed E-state index contributed by atoms with van der Waals surface area (Å²) in [6.07, 6.45) is 4.34. The van der Waals surface area contributed by atoms with Gasteiger partial charge in [-0.3, -0.25) is 14.9 Å². The maximum absolute atomic E-state index is 12.5. The lowest BCUT2D eigenvalue weighted by Gasteiger charge is -2.63. The number of hydrogen-bond acceptors (Lipinski definition) is 9. The molecular weight excluding hydrogens is 542 g/mol. The monoisotopic (exact) mass is 587 g/mol. The summed E-state index contributed by atoms with van der Waals surface area (Å²) in [5.74, 6) is 1.18. The maximum atomic E-state index is 12.5. The molecule has 4 aliphatic rings. The highest BCUT2D eigenvalue weighted by Crippen LogP contribution is 2.68. The zero-order chi connectivity index (χ0) is 30.4. The molecule has 1 aromatic rings. The van der Waals surface area contributed by atoms with E-state index in [4.69, 9.17) is 14.2 Å². The highest BCUT2D eigenvalue weighted by molar-refractivity contribution is 5.69. The van der Waals surface area contributed by atoms with Crippen LogP contribution in [0.3, 0.4) is 0 Å². The Hall–Kier alpha value is -2.72. The number of benzene rings is 1. The SMILES string of the molecule is COC(=O)CC[C@@H](C)[C@H]1CC[C@H]2[C@@H]3[C@H](O)C[C@@H]4C[C@H](OC(=O)Oc5ccc([N+](=O)[O-])cc5)CC[C@]4(C)[C@H]3C[C@H](O)[C@]12C. The Morgan fingerprint density at radius 2 is 1.79 bits per heavy atom. The molecule has 5 rings (SSSR count). The first-order valence-electron chi connectivity index (χ1n) is 15.4. The van der Waals surface area contributed by atoms with Crippen molar-refractivity contribution >= 4 is 17.8 Å². The zero-order valence-electron chi connectivity index (χ0n) is 25.1. The summed E-state index contributed by atoms with van der Waals surface area (Å²) >= 11 is 0. The lowest BCUT2D eigenvalue weighted by atomic mass is 9.43. The van der Waals surface area contributed by atoms with Crippen LogP contribution >= 0.6 is 0 Å². The van der Waals surface area contributed by atoms with Crippen molar-refractivity contribution in [3.05, 3.63) is 34.4 Å². The number of non-ortho nitro benzene ring substituents is 1. The third-order valence-electron chi connectivity index (χ3n) is 12.0. The van der Waals surface area contributed by atoms with Crippen LogP contribution in [0.25, 0.3) is 0 Å². The van der Waals surface area contributed by atoms with E-state index < -0.39 is 23.3 Å². The maximum Gasteiger partial charge on any atom is 0.514 e. The van der Waals surface area contributed by atoms with E-state index in [1.54, 1.807) is 0 Å². The van der Waals surface area contributed by atoms with E-state index in [-0.39, 0.29) is 69.8 Å². The van der Waals surface area contributed by atoms with E-state index in [0.29, 0.717) is 32.1 Å². The molecule has 0 radical (unpaired) electrons. The van der Waals surface area contributed by atoms with Gasteiger partial charge in [0.1, 0.15) is 11.9 Å². The van der Waals surface area contributed by atoms with Crippen LogP contribution in [0.15, 0.2) is 24.3 Å². The number of hydrogen-bond donors (Lipinski definition) is 2. The number of esters is 1. The zero-order valence-corrected chi connectivity index (χ0v) is 25.1. The van der Waals surface area contributed by atoms with Gasteiger partial charge in [0, 0.05) is 18.6 Å². The molecule has 0 aromatic heterocycles. The Kier molecular flexibility index (Phi) is 8.60. The van der Waals surface area contributed by atoms with Gasteiger partial charge >= 0.3 is 12.1 Å². The number of aliphatic hydroxyl groups excluding tert-OH is 2. The Morgan fingerprint density at radius 1 is 1.07 bits per heavy atom. The van der Waals surface area contributed by atoms with Crippen molar-refractivity contribution in [1.29, 1.82) is 0 Å². The van der Waals surface area contributed by atoms with Crippen molar-refractivity contribution < 1.29 is 38.9 Å². The van der Waals surface area contributed by atoms with E-state index in [0.717, 1.165) is 25.7 Å². The van der Waals surface area contributed by atoms with E-state index in [9.17, 15) is 29.9 Å². The average molecular weight is 588 g/mol. The lowest BCUT2D eigenvalue weighted by molar-refractivity contribution is -0.384. The molecule has 4 aliphatic carbocycles. The molecule has 4 saturated carbocycles. The molecule has 11 atom stereocenters. The summed E-state index contributed by atoms with van der Waals surface area (Å²) < 4.78 is 15.8. The molecule has 10 heteroatoms. The molecule has 0 bridgehead atoms. The first kappa shape index (κ1) is 30.7. The van der Waals surface area contributed by atoms with Gasteiger partial charge in [0.25, 0.3) is 5.69 Å². The number of carbonyl (C=O) groups is 2. The largest absolute Gasteiger partial charge is 0.514 e. The minimum atomic E-state index is -0.839. The molecule has 0 aliphatic heterocycles. The fourth-order valence-electron chi connectivity index (χ4n) is 9.76. The number of aliphatic hydroxyl groups is 2. The summed E-state index contributed by atoms with van der Waals surface area (Å²) in [4.78, 5) is 34.7. The van der Waals surface area contributed by atoms with Gasteiger partial charge in [-0.2, -0.15) is 0 Å². The van der Waals surface area contributed by atoms with Crippen LogP contribution < -0.4 is 4.74 Å². The summed E-state index contributed by atoms with van der Waals surface area (Å²) in [5.41, 5.74) is -0.475. The highest BCUT2D eigenvalue weighted by Gasteiger charge is 2.65. The molecule has 0 unspecified atom stereocenters. The van der Waals surface area contributed by atoms with Gasteiger partial charge in [-0.1, -0.05) is 20.8 Å². The molecule has 42 heavy (non-hydrogen) atoms. The molecule has 0 amide bonds. The minimum Gasteiger partial charge on any atom is -0.469 e. The van der Waals surface area contributed by atoms with Crippen LogP contribution in [0.1, 0.15) is 78.6 Å². The van der Waals surface area contributed by atoms with E-state index in [2.05, 4.69) is 20.8 Å². The molecule has 232 valence electrons. The number of nitro groups is 1. The summed E-state index contributed by atoms with van der Waals surface area (Å²) in [5, 5.41) is 34.3. The van der Waals surface area contributed by atoms with Crippen molar-refractivity contribution in [3.8, 4) is 5.75 Å². The number of nitro benzene ring substituents is 1. The van der Waals surface area contributed by atoms with Crippen LogP contribution in [0, 0.1) is 56.5 Å². The third-order valence-corrected chi connectivity index (χ3v) is 12.0. The first-order chi connectivity index (χ1) is 19.9. The van der Waals surface area contributed by atoms with Gasteiger partial charge in [0.15, 0.2) is 0 Å². The number of rotatable bonds is 7. The second kappa shape index (κ2) is 11.8. The van der Waals surface area contributed by atoms with Crippen LogP contribution in [0.4, 0.5) is 10.5 Å². The number of nitrogens with zero attached hydrogens (tertiary/aromatic N) is 1. The fraction of sp³-hybridized carbons (Fsp3) is 0.750. The standard InChI is InChI=1S/C32H45NO9/c1-18(5-12-28(36)40-4)23-10-11-24-29-25(17-27(35)32(23,24)3)31(2)14-13-22(15-19(31)16-26(29)34)42-30(37)41-21-8-6-20(7-9-21)33(38)39/h6-9,18-19,22-27,29,34-35H,5,10-17H2,1-4H3/t18-,19+,22-,23-,24+,25+,26-,27+,29+,31+,32-/m1/s1. The molecule has 10 nitrogen and oxygen atoms in total. The van der Waals surface area contributed by atoms with Crippen molar-refractivity contribution in [2.24, 2.45) is 46.3 Å². The number of methoxy groups -OCH3 is 1. The topological polar surface area (TPSA) is 145 Å². The van der Waals surface area contributed by atoms with Gasteiger partial charge in [-0.05, 0) is 110 Å². The number of carbonyl (C=O) groups excluding carboxylic acids is 2. The first-order valence-corrected chi connectivity index (χ1v) is 15.4. The van der Waals surface area contributed by atoms with Crippen LogP contribution in [-0.2, 0) is 14.3 Å². The normalized spacial score (nSPS) is 39.7. The van der Waals surface area contributed by atoms with Gasteiger partial charge in [0.05, 0.1) is 24.2 Å². The van der Waals surface area contributed by atoms with Crippen molar-refractivity contribution in [1.82, 2.24) is 0 Å². The molecule has 0 heterocycles. The Balaban J connectivity index is 1.24. The Labute approximate surface area is 247 Å². The Bertz CT molecular complexity index is 1170. The smallest absolute Gasteiger partial charge is 0.469 e. The molecule has 4 fully saturated rings. The van der Waals surface area contributed by atoms with E-state index >= 15 is 0 Å². The average Bonchev–Trinajstić information content (AvgIpc) is 3.31. The molecule has 1 aromatic carbocycles. The lowest BCUT2D eigenvalue weighted by Crippen LogP contribution is -2.62. The van der Waals surface area contributed by atoms with Gasteiger partial charge in [0.2, 0.25) is 0 Å². The highest BCUT2D eigenvalue weighted by atomic mass is 16.7. The predicted octanol–water partition coefficient (Wildman–Crippen LogP) is 5.67. The van der Waals surface area contributed by atoms with E-state index in [1.807, 2.05) is 0 Å².